The molecule has 1 saturated heterocycles. The summed E-state index contributed by atoms with van der Waals surface area (Å²) in [5.41, 5.74) is 0.637. The SMILES string of the molecule is CC(C)N1CCC(NC(=O)c2cc(C(=O)NCCS(N)(=O)=O)nn2Cc2cc(-c3ccc(Cl)s3)on2)CC1. The van der Waals surface area contributed by atoms with Gasteiger partial charge in [0.2, 0.25) is 10.0 Å². The third-order valence-electron chi connectivity index (χ3n) is 6.20. The summed E-state index contributed by atoms with van der Waals surface area (Å²) in [5.74, 6) is -0.886. The number of carbonyl (C=O) groups excluding carboxylic acids is 2. The second-order valence-corrected chi connectivity index (χ2v) is 12.8. The van der Waals surface area contributed by atoms with Gasteiger partial charge in [-0.3, -0.25) is 14.3 Å². The van der Waals surface area contributed by atoms with Gasteiger partial charge >= 0.3 is 0 Å². The van der Waals surface area contributed by atoms with Crippen LogP contribution in [0.15, 0.2) is 28.8 Å². The first kappa shape index (κ1) is 28.2. The molecule has 0 unspecified atom stereocenters. The van der Waals surface area contributed by atoms with E-state index in [1.807, 2.05) is 6.07 Å². The molecule has 0 atom stereocenters. The van der Waals surface area contributed by atoms with Crippen LogP contribution in [0.4, 0.5) is 0 Å². The van der Waals surface area contributed by atoms with E-state index in [0.29, 0.717) is 21.8 Å². The molecule has 4 heterocycles. The summed E-state index contributed by atoms with van der Waals surface area (Å²) in [4.78, 5) is 29.1. The maximum absolute atomic E-state index is 13.3. The molecule has 0 spiro atoms. The highest BCUT2D eigenvalue weighted by atomic mass is 35.5. The normalized spacial score (nSPS) is 15.2. The fraction of sp³-hybridized carbons (Fsp3) is 0.478. The molecule has 12 nitrogen and oxygen atoms in total. The number of amides is 2. The maximum atomic E-state index is 13.3. The summed E-state index contributed by atoms with van der Waals surface area (Å²) in [5, 5.41) is 18.9. The summed E-state index contributed by atoms with van der Waals surface area (Å²) in [7, 11) is -3.74. The molecular formula is C23H30ClN7O5S2. The van der Waals surface area contributed by atoms with E-state index in [1.165, 1.54) is 22.1 Å². The third kappa shape index (κ3) is 7.41. The molecule has 2 amide bonds. The smallest absolute Gasteiger partial charge is 0.271 e. The minimum absolute atomic E-state index is 0.00452. The van der Waals surface area contributed by atoms with Gasteiger partial charge in [0.1, 0.15) is 11.4 Å². The lowest BCUT2D eigenvalue weighted by Crippen LogP contribution is -2.46. The van der Waals surface area contributed by atoms with Crippen molar-refractivity contribution in [2.45, 2.75) is 45.3 Å². The zero-order valence-corrected chi connectivity index (χ0v) is 23.4. The number of hydrogen-bond acceptors (Lipinski definition) is 9. The lowest BCUT2D eigenvalue weighted by Gasteiger charge is -2.34. The number of halogens is 1. The van der Waals surface area contributed by atoms with Crippen molar-refractivity contribution in [1.82, 2.24) is 30.5 Å². The molecule has 1 aliphatic rings. The van der Waals surface area contributed by atoms with Crippen LogP contribution in [0.3, 0.4) is 0 Å². The Balaban J connectivity index is 1.51. The number of nitrogens with one attached hydrogen (secondary N) is 2. The van der Waals surface area contributed by atoms with Crippen LogP contribution in [0.25, 0.3) is 10.6 Å². The Morgan fingerprint density at radius 3 is 2.61 bits per heavy atom. The van der Waals surface area contributed by atoms with E-state index in [2.05, 4.69) is 39.6 Å². The van der Waals surface area contributed by atoms with Crippen LogP contribution in [0, 0.1) is 0 Å². The topological polar surface area (TPSA) is 165 Å². The monoisotopic (exact) mass is 583 g/mol. The highest BCUT2D eigenvalue weighted by molar-refractivity contribution is 7.89. The van der Waals surface area contributed by atoms with Crippen molar-refractivity contribution < 1.29 is 22.5 Å². The van der Waals surface area contributed by atoms with Gasteiger partial charge in [0, 0.05) is 43.9 Å². The average Bonchev–Trinajstić information content (AvgIpc) is 3.59. The molecule has 0 radical (unpaired) electrons. The predicted octanol–water partition coefficient (Wildman–Crippen LogP) is 1.92. The van der Waals surface area contributed by atoms with E-state index in [9.17, 15) is 18.0 Å². The van der Waals surface area contributed by atoms with Crippen molar-refractivity contribution in [3.63, 3.8) is 0 Å². The van der Waals surface area contributed by atoms with Gasteiger partial charge in [-0.25, -0.2) is 13.6 Å². The fourth-order valence-corrected chi connectivity index (χ4v) is 5.53. The van der Waals surface area contributed by atoms with Gasteiger partial charge in [0.15, 0.2) is 11.5 Å². The van der Waals surface area contributed by atoms with Crippen molar-refractivity contribution in [2.24, 2.45) is 5.14 Å². The van der Waals surface area contributed by atoms with Crippen molar-refractivity contribution in [3.8, 4) is 10.6 Å². The summed E-state index contributed by atoms with van der Waals surface area (Å²) >= 11 is 7.36. The minimum atomic E-state index is -3.74. The number of nitrogens with zero attached hydrogens (tertiary/aromatic N) is 4. The first-order chi connectivity index (χ1) is 18.0. The number of rotatable bonds is 10. The van der Waals surface area contributed by atoms with Crippen LogP contribution in [0.5, 0.6) is 0 Å². The molecule has 0 saturated carbocycles. The Morgan fingerprint density at radius 2 is 1.97 bits per heavy atom. The molecular weight excluding hydrogens is 554 g/mol. The molecule has 0 bridgehead atoms. The standard InChI is InChI=1S/C23H30ClN7O5S2/c1-14(2)30-8-5-15(6-9-30)27-23(33)18-12-17(22(32)26-7-10-38(25,34)35)28-31(18)13-16-11-19(36-29-16)20-3-4-21(24)37-20/h3-4,11-12,14-15H,5-10,13H2,1-2H3,(H,26,32)(H,27,33)(H2,25,34,35). The Labute approximate surface area is 229 Å². The molecule has 15 heteroatoms. The molecule has 0 aliphatic carbocycles. The van der Waals surface area contributed by atoms with E-state index < -0.39 is 21.7 Å². The quantitative estimate of drug-likeness (QED) is 0.325. The van der Waals surface area contributed by atoms with Crippen molar-refractivity contribution in [1.29, 1.82) is 0 Å². The van der Waals surface area contributed by atoms with Crippen molar-refractivity contribution in [3.05, 3.63) is 45.7 Å². The van der Waals surface area contributed by atoms with Gasteiger partial charge in [-0.2, -0.15) is 5.10 Å². The van der Waals surface area contributed by atoms with E-state index in [4.69, 9.17) is 21.3 Å². The van der Waals surface area contributed by atoms with Crippen LogP contribution in [-0.4, -0.2) is 77.5 Å². The highest BCUT2D eigenvalue weighted by Gasteiger charge is 2.26. The van der Waals surface area contributed by atoms with Crippen LogP contribution in [0.1, 0.15) is 53.4 Å². The number of likely N-dealkylation sites (tertiary alicyclic amines) is 1. The first-order valence-corrected chi connectivity index (χ1v) is 15.0. The molecule has 4 rings (SSSR count). The number of thiophene rings is 1. The molecule has 3 aromatic heterocycles. The van der Waals surface area contributed by atoms with Crippen LogP contribution >= 0.6 is 22.9 Å². The van der Waals surface area contributed by atoms with Crippen LogP contribution in [-0.2, 0) is 16.6 Å². The van der Waals surface area contributed by atoms with Gasteiger partial charge in [-0.15, -0.1) is 11.3 Å². The predicted molar refractivity (Wildman–Crippen MR) is 144 cm³/mol. The number of aromatic nitrogens is 3. The Hall–Kier alpha value is -2.78. The van der Waals surface area contributed by atoms with Gasteiger partial charge in [0.25, 0.3) is 11.8 Å². The second-order valence-electron chi connectivity index (χ2n) is 9.36. The van der Waals surface area contributed by atoms with Crippen LogP contribution < -0.4 is 15.8 Å². The summed E-state index contributed by atoms with van der Waals surface area (Å²) in [6, 6.07) is 7.12. The zero-order chi connectivity index (χ0) is 27.4. The fourth-order valence-electron chi connectivity index (χ4n) is 4.15. The van der Waals surface area contributed by atoms with Crippen molar-refractivity contribution >= 4 is 44.8 Å². The lowest BCUT2D eigenvalue weighted by molar-refractivity contribution is 0.0889. The van der Waals surface area contributed by atoms with Gasteiger partial charge in [0.05, 0.1) is 21.5 Å². The molecule has 206 valence electrons. The summed E-state index contributed by atoms with van der Waals surface area (Å²) < 4.78 is 29.8. The van der Waals surface area contributed by atoms with E-state index in [-0.39, 0.29) is 36.4 Å². The van der Waals surface area contributed by atoms with E-state index in [0.717, 1.165) is 30.8 Å². The molecule has 1 fully saturated rings. The Morgan fingerprint density at radius 1 is 1.24 bits per heavy atom. The number of primary sulfonamides is 1. The largest absolute Gasteiger partial charge is 0.355 e. The summed E-state index contributed by atoms with van der Waals surface area (Å²) in [6.07, 6.45) is 1.63. The van der Waals surface area contributed by atoms with E-state index in [1.54, 1.807) is 12.1 Å². The zero-order valence-electron chi connectivity index (χ0n) is 21.0. The molecule has 4 N–H and O–H groups in total. The first-order valence-electron chi connectivity index (χ1n) is 12.1. The molecule has 38 heavy (non-hydrogen) atoms. The molecule has 3 aromatic rings. The minimum Gasteiger partial charge on any atom is -0.355 e. The number of sulfonamides is 1. The van der Waals surface area contributed by atoms with Gasteiger partial charge < -0.3 is 20.1 Å². The average molecular weight is 584 g/mol. The second kappa shape index (κ2) is 11.9. The molecule has 0 aromatic carbocycles. The number of carbonyl (C=O) groups is 2. The van der Waals surface area contributed by atoms with E-state index >= 15 is 0 Å². The number of piperidine rings is 1. The lowest BCUT2D eigenvalue weighted by atomic mass is 10.0. The van der Waals surface area contributed by atoms with Gasteiger partial charge in [-0.05, 0) is 38.8 Å². The Kier molecular flexibility index (Phi) is 8.88. The third-order valence-corrected chi connectivity index (χ3v) is 8.22. The highest BCUT2D eigenvalue weighted by Crippen LogP contribution is 2.31. The summed E-state index contributed by atoms with van der Waals surface area (Å²) in [6.45, 7) is 5.95. The Bertz CT molecular complexity index is 1390. The van der Waals surface area contributed by atoms with Gasteiger partial charge in [-0.1, -0.05) is 16.8 Å². The van der Waals surface area contributed by atoms with Crippen LogP contribution in [0.2, 0.25) is 4.34 Å². The number of nitrogens with two attached hydrogens (primary N) is 1. The number of hydrogen-bond donors (Lipinski definition) is 3. The molecule has 1 aliphatic heterocycles. The maximum Gasteiger partial charge on any atom is 0.271 e. The van der Waals surface area contributed by atoms with Crippen molar-refractivity contribution in [2.75, 3.05) is 25.4 Å².